The molecular weight excluding hydrogens is 348 g/mol. The second-order valence-electron chi connectivity index (χ2n) is 7.50. The van der Waals surface area contributed by atoms with E-state index in [1.54, 1.807) is 12.4 Å². The molecule has 6 heteroatoms. The average Bonchev–Trinajstić information content (AvgIpc) is 2.75. The summed E-state index contributed by atoms with van der Waals surface area (Å²) < 4.78 is 0. The van der Waals surface area contributed by atoms with Gasteiger partial charge in [-0.25, -0.2) is 9.97 Å². The lowest BCUT2D eigenvalue weighted by atomic mass is 9.94. The van der Waals surface area contributed by atoms with Crippen molar-refractivity contribution in [2.24, 2.45) is 0 Å². The predicted octanol–water partition coefficient (Wildman–Crippen LogP) is 3.38. The molecule has 1 saturated heterocycles. The first kappa shape index (κ1) is 18.5. The van der Waals surface area contributed by atoms with Crippen molar-refractivity contribution in [2.45, 2.75) is 25.3 Å². The van der Waals surface area contributed by atoms with Crippen molar-refractivity contribution in [3.05, 3.63) is 66.4 Å². The SMILES string of the molecule is CN(C)c1cc(C2CCCN(Cc3ccccn3)C2)nc(-c2ccncc2)n1. The number of likely N-dealkylation sites (tertiary alicyclic amines) is 1. The third kappa shape index (κ3) is 4.34. The summed E-state index contributed by atoms with van der Waals surface area (Å²) in [6.45, 7) is 2.99. The van der Waals surface area contributed by atoms with E-state index >= 15 is 0 Å². The smallest absolute Gasteiger partial charge is 0.161 e. The highest BCUT2D eigenvalue weighted by Gasteiger charge is 2.24. The standard InChI is InChI=1S/C22H26N6/c1-27(2)21-14-20(25-22(26-21)17-8-11-23-12-9-17)18-6-5-13-28(15-18)16-19-7-3-4-10-24-19/h3-4,7-12,14,18H,5-6,13,15-16H2,1-2H3. The maximum absolute atomic E-state index is 4.94. The van der Waals surface area contributed by atoms with Gasteiger partial charge < -0.3 is 4.90 Å². The van der Waals surface area contributed by atoms with Gasteiger partial charge >= 0.3 is 0 Å². The Balaban J connectivity index is 1.59. The van der Waals surface area contributed by atoms with Crippen LogP contribution in [0.1, 0.15) is 30.1 Å². The van der Waals surface area contributed by atoms with Gasteiger partial charge in [0.2, 0.25) is 0 Å². The van der Waals surface area contributed by atoms with Gasteiger partial charge in [-0.05, 0) is 43.7 Å². The molecule has 0 radical (unpaired) electrons. The molecule has 4 rings (SSSR count). The molecule has 1 fully saturated rings. The van der Waals surface area contributed by atoms with Crippen LogP contribution in [0.4, 0.5) is 5.82 Å². The number of hydrogen-bond donors (Lipinski definition) is 0. The van der Waals surface area contributed by atoms with Crippen molar-refractivity contribution >= 4 is 5.82 Å². The van der Waals surface area contributed by atoms with E-state index in [9.17, 15) is 0 Å². The second kappa shape index (κ2) is 8.44. The van der Waals surface area contributed by atoms with Crippen LogP contribution in [0.25, 0.3) is 11.4 Å². The molecule has 1 unspecified atom stereocenters. The van der Waals surface area contributed by atoms with E-state index < -0.39 is 0 Å². The lowest BCUT2D eigenvalue weighted by Crippen LogP contribution is -2.34. The molecule has 1 aliphatic rings. The molecule has 144 valence electrons. The van der Waals surface area contributed by atoms with Crippen LogP contribution >= 0.6 is 0 Å². The number of nitrogens with zero attached hydrogens (tertiary/aromatic N) is 6. The van der Waals surface area contributed by atoms with E-state index in [2.05, 4.69) is 33.1 Å². The topological polar surface area (TPSA) is 58.0 Å². The number of piperidine rings is 1. The van der Waals surface area contributed by atoms with Gasteiger partial charge in [-0.3, -0.25) is 14.9 Å². The van der Waals surface area contributed by atoms with E-state index in [1.807, 2.05) is 43.4 Å². The molecule has 0 aliphatic carbocycles. The van der Waals surface area contributed by atoms with E-state index in [-0.39, 0.29) is 0 Å². The molecule has 0 bridgehead atoms. The van der Waals surface area contributed by atoms with Crippen LogP contribution in [0.3, 0.4) is 0 Å². The Morgan fingerprint density at radius 2 is 1.93 bits per heavy atom. The van der Waals surface area contributed by atoms with Gasteiger partial charge in [-0.2, -0.15) is 0 Å². The van der Waals surface area contributed by atoms with Crippen LogP contribution < -0.4 is 4.90 Å². The fourth-order valence-corrected chi connectivity index (χ4v) is 3.68. The Bertz CT molecular complexity index is 897. The van der Waals surface area contributed by atoms with Crippen molar-refractivity contribution in [1.82, 2.24) is 24.8 Å². The Morgan fingerprint density at radius 1 is 1.07 bits per heavy atom. The van der Waals surface area contributed by atoms with E-state index in [1.165, 1.54) is 6.42 Å². The van der Waals surface area contributed by atoms with Crippen LogP contribution in [-0.2, 0) is 6.54 Å². The summed E-state index contributed by atoms with van der Waals surface area (Å²) in [6.07, 6.45) is 7.76. The number of anilines is 1. The third-order valence-corrected chi connectivity index (χ3v) is 5.16. The van der Waals surface area contributed by atoms with Gasteiger partial charge in [-0.1, -0.05) is 6.07 Å². The largest absolute Gasteiger partial charge is 0.363 e. The summed E-state index contributed by atoms with van der Waals surface area (Å²) in [5, 5.41) is 0. The monoisotopic (exact) mass is 374 g/mol. The molecule has 6 nitrogen and oxygen atoms in total. The summed E-state index contributed by atoms with van der Waals surface area (Å²) in [6, 6.07) is 12.2. The van der Waals surface area contributed by atoms with Gasteiger partial charge in [0.15, 0.2) is 5.82 Å². The van der Waals surface area contributed by atoms with E-state index in [0.29, 0.717) is 5.92 Å². The van der Waals surface area contributed by atoms with Gasteiger partial charge in [0, 0.05) is 63.3 Å². The zero-order chi connectivity index (χ0) is 19.3. The Kier molecular flexibility index (Phi) is 5.58. The zero-order valence-corrected chi connectivity index (χ0v) is 16.5. The fraction of sp³-hybridized carbons (Fsp3) is 0.364. The first-order chi connectivity index (χ1) is 13.7. The van der Waals surface area contributed by atoms with Crippen molar-refractivity contribution < 1.29 is 0 Å². The Morgan fingerprint density at radius 3 is 2.68 bits per heavy atom. The highest BCUT2D eigenvalue weighted by atomic mass is 15.2. The molecule has 1 aliphatic heterocycles. The highest BCUT2D eigenvalue weighted by molar-refractivity contribution is 5.57. The first-order valence-electron chi connectivity index (χ1n) is 9.78. The molecule has 3 aromatic rings. The molecular formula is C22H26N6. The van der Waals surface area contributed by atoms with Crippen LogP contribution in [0.15, 0.2) is 55.0 Å². The van der Waals surface area contributed by atoms with Gasteiger partial charge in [0.05, 0.1) is 11.4 Å². The van der Waals surface area contributed by atoms with Crippen molar-refractivity contribution in [1.29, 1.82) is 0 Å². The summed E-state index contributed by atoms with van der Waals surface area (Å²) >= 11 is 0. The van der Waals surface area contributed by atoms with Crippen molar-refractivity contribution in [3.8, 4) is 11.4 Å². The van der Waals surface area contributed by atoms with E-state index in [0.717, 1.165) is 54.6 Å². The van der Waals surface area contributed by atoms with Gasteiger partial charge in [0.25, 0.3) is 0 Å². The Labute approximate surface area is 166 Å². The number of rotatable bonds is 5. The fourth-order valence-electron chi connectivity index (χ4n) is 3.68. The summed E-state index contributed by atoms with van der Waals surface area (Å²) in [4.78, 5) is 22.8. The minimum Gasteiger partial charge on any atom is -0.363 e. The second-order valence-corrected chi connectivity index (χ2v) is 7.50. The van der Waals surface area contributed by atoms with Gasteiger partial charge in [-0.15, -0.1) is 0 Å². The quantitative estimate of drug-likeness (QED) is 0.682. The lowest BCUT2D eigenvalue weighted by Gasteiger charge is -2.32. The minimum absolute atomic E-state index is 0.403. The maximum atomic E-state index is 4.94. The van der Waals surface area contributed by atoms with Crippen LogP contribution in [0.2, 0.25) is 0 Å². The molecule has 0 spiro atoms. The molecule has 3 aromatic heterocycles. The van der Waals surface area contributed by atoms with Gasteiger partial charge in [0.1, 0.15) is 5.82 Å². The van der Waals surface area contributed by atoms with Crippen molar-refractivity contribution in [3.63, 3.8) is 0 Å². The highest BCUT2D eigenvalue weighted by Crippen LogP contribution is 2.29. The molecule has 1 atom stereocenters. The van der Waals surface area contributed by atoms with Crippen LogP contribution in [0, 0.1) is 0 Å². The van der Waals surface area contributed by atoms with Crippen LogP contribution in [0.5, 0.6) is 0 Å². The third-order valence-electron chi connectivity index (χ3n) is 5.16. The first-order valence-corrected chi connectivity index (χ1v) is 9.78. The Hall–Kier alpha value is -2.86. The molecule has 0 amide bonds. The summed E-state index contributed by atoms with van der Waals surface area (Å²) in [5.74, 6) is 2.11. The normalized spacial score (nSPS) is 17.4. The van der Waals surface area contributed by atoms with Crippen molar-refractivity contribution in [2.75, 3.05) is 32.1 Å². The number of hydrogen-bond acceptors (Lipinski definition) is 6. The van der Waals surface area contributed by atoms with E-state index in [4.69, 9.17) is 9.97 Å². The molecule has 0 aromatic carbocycles. The zero-order valence-electron chi connectivity index (χ0n) is 16.5. The maximum Gasteiger partial charge on any atom is 0.161 e. The molecule has 0 saturated carbocycles. The number of pyridine rings is 2. The minimum atomic E-state index is 0.403. The molecule has 4 heterocycles. The van der Waals surface area contributed by atoms with Crippen LogP contribution in [-0.4, -0.2) is 52.0 Å². The summed E-state index contributed by atoms with van der Waals surface area (Å²) in [5.41, 5.74) is 3.25. The summed E-state index contributed by atoms with van der Waals surface area (Å²) in [7, 11) is 4.05. The number of aromatic nitrogens is 4. The predicted molar refractivity (Wildman–Crippen MR) is 111 cm³/mol. The molecule has 0 N–H and O–H groups in total. The average molecular weight is 374 g/mol. The molecule has 28 heavy (non-hydrogen) atoms. The lowest BCUT2D eigenvalue weighted by molar-refractivity contribution is 0.196.